The lowest BCUT2D eigenvalue weighted by Crippen LogP contribution is -2.57. The summed E-state index contributed by atoms with van der Waals surface area (Å²) < 4.78 is 3.06. The van der Waals surface area contributed by atoms with Crippen molar-refractivity contribution in [1.29, 1.82) is 0 Å². The SMILES string of the molecule is CCNC(=O)C1CNCCN1Cc1c(Br)c(C)nn1CC. The van der Waals surface area contributed by atoms with Gasteiger partial charge in [0, 0.05) is 39.3 Å². The van der Waals surface area contributed by atoms with Crippen LogP contribution in [0.5, 0.6) is 0 Å². The summed E-state index contributed by atoms with van der Waals surface area (Å²) in [6, 6.07) is -0.119. The Labute approximate surface area is 134 Å². The summed E-state index contributed by atoms with van der Waals surface area (Å²) in [7, 11) is 0. The largest absolute Gasteiger partial charge is 0.355 e. The van der Waals surface area contributed by atoms with E-state index in [9.17, 15) is 4.79 Å². The van der Waals surface area contributed by atoms with Crippen LogP contribution in [0.3, 0.4) is 0 Å². The van der Waals surface area contributed by atoms with Crippen LogP contribution in [-0.4, -0.2) is 52.8 Å². The molecule has 1 aromatic rings. The van der Waals surface area contributed by atoms with Crippen molar-refractivity contribution in [2.45, 2.75) is 39.9 Å². The average Bonchev–Trinajstić information content (AvgIpc) is 2.76. The molecule has 0 aliphatic carbocycles. The van der Waals surface area contributed by atoms with E-state index in [1.807, 2.05) is 18.5 Å². The Hall–Kier alpha value is -0.920. The third kappa shape index (κ3) is 3.64. The molecule has 1 aliphatic rings. The number of piperazine rings is 1. The zero-order valence-electron chi connectivity index (χ0n) is 12.9. The molecule has 0 saturated carbocycles. The summed E-state index contributed by atoms with van der Waals surface area (Å²) in [5, 5.41) is 10.8. The number of carbonyl (C=O) groups excluding carboxylic acids is 1. The van der Waals surface area contributed by atoms with Crippen LogP contribution in [0.4, 0.5) is 0 Å². The molecular weight excluding hydrogens is 334 g/mol. The molecule has 1 aromatic heterocycles. The quantitative estimate of drug-likeness (QED) is 0.821. The van der Waals surface area contributed by atoms with Gasteiger partial charge in [-0.2, -0.15) is 5.10 Å². The number of aromatic nitrogens is 2. The van der Waals surface area contributed by atoms with E-state index in [2.05, 4.69) is 43.5 Å². The zero-order chi connectivity index (χ0) is 15.4. The minimum absolute atomic E-state index is 0.0973. The van der Waals surface area contributed by atoms with Crippen molar-refractivity contribution in [1.82, 2.24) is 25.3 Å². The van der Waals surface area contributed by atoms with Gasteiger partial charge in [0.15, 0.2) is 0 Å². The Morgan fingerprint density at radius 3 is 2.95 bits per heavy atom. The van der Waals surface area contributed by atoms with Gasteiger partial charge in [-0.1, -0.05) is 0 Å². The lowest BCUT2D eigenvalue weighted by Gasteiger charge is -2.35. The zero-order valence-corrected chi connectivity index (χ0v) is 14.5. The predicted molar refractivity (Wildman–Crippen MR) is 86.1 cm³/mol. The van der Waals surface area contributed by atoms with Crippen LogP contribution in [0.2, 0.25) is 0 Å². The molecule has 1 aliphatic heterocycles. The minimum atomic E-state index is -0.119. The second kappa shape index (κ2) is 7.38. The van der Waals surface area contributed by atoms with Crippen molar-refractivity contribution in [2.24, 2.45) is 0 Å². The molecule has 1 unspecified atom stereocenters. The average molecular weight is 358 g/mol. The highest BCUT2D eigenvalue weighted by Gasteiger charge is 2.29. The second-order valence-electron chi connectivity index (χ2n) is 5.25. The molecule has 0 aromatic carbocycles. The fourth-order valence-electron chi connectivity index (χ4n) is 2.70. The smallest absolute Gasteiger partial charge is 0.238 e. The molecule has 118 valence electrons. The van der Waals surface area contributed by atoms with Crippen molar-refractivity contribution in [2.75, 3.05) is 26.2 Å². The van der Waals surface area contributed by atoms with Gasteiger partial charge in [0.05, 0.1) is 15.9 Å². The Morgan fingerprint density at radius 2 is 2.29 bits per heavy atom. The molecule has 2 heterocycles. The summed E-state index contributed by atoms with van der Waals surface area (Å²) in [4.78, 5) is 14.4. The Morgan fingerprint density at radius 1 is 1.52 bits per heavy atom. The monoisotopic (exact) mass is 357 g/mol. The number of hydrogen-bond donors (Lipinski definition) is 2. The summed E-state index contributed by atoms with van der Waals surface area (Å²) >= 11 is 3.63. The molecule has 7 heteroatoms. The first-order chi connectivity index (χ1) is 10.1. The highest BCUT2D eigenvalue weighted by Crippen LogP contribution is 2.23. The Bertz CT molecular complexity index is 502. The van der Waals surface area contributed by atoms with Crippen LogP contribution in [0, 0.1) is 6.92 Å². The van der Waals surface area contributed by atoms with Gasteiger partial charge in [0.25, 0.3) is 0 Å². The summed E-state index contributed by atoms with van der Waals surface area (Å²) in [5.74, 6) is 0.0973. The summed E-state index contributed by atoms with van der Waals surface area (Å²) in [6.45, 7) is 10.7. The molecule has 1 fully saturated rings. The summed E-state index contributed by atoms with van der Waals surface area (Å²) in [6.07, 6.45) is 0. The molecule has 1 amide bonds. The van der Waals surface area contributed by atoms with Crippen molar-refractivity contribution < 1.29 is 4.79 Å². The highest BCUT2D eigenvalue weighted by atomic mass is 79.9. The normalized spacial score (nSPS) is 19.7. The van der Waals surface area contributed by atoms with Gasteiger partial charge in [-0.25, -0.2) is 0 Å². The van der Waals surface area contributed by atoms with Crippen LogP contribution in [0.25, 0.3) is 0 Å². The third-order valence-electron chi connectivity index (χ3n) is 3.81. The van der Waals surface area contributed by atoms with E-state index in [0.29, 0.717) is 13.1 Å². The number of rotatable bonds is 5. The maximum atomic E-state index is 12.2. The first-order valence-electron chi connectivity index (χ1n) is 7.52. The first-order valence-corrected chi connectivity index (χ1v) is 8.32. The van der Waals surface area contributed by atoms with E-state index < -0.39 is 0 Å². The number of aryl methyl sites for hydroxylation is 2. The van der Waals surface area contributed by atoms with Crippen molar-refractivity contribution in [3.8, 4) is 0 Å². The molecule has 1 atom stereocenters. The Kier molecular flexibility index (Phi) is 5.78. The van der Waals surface area contributed by atoms with Gasteiger partial charge in [-0.15, -0.1) is 0 Å². The van der Waals surface area contributed by atoms with Gasteiger partial charge in [-0.3, -0.25) is 14.4 Å². The Balaban J connectivity index is 2.17. The van der Waals surface area contributed by atoms with Gasteiger partial charge < -0.3 is 10.6 Å². The van der Waals surface area contributed by atoms with Crippen LogP contribution in [0.1, 0.15) is 25.2 Å². The molecular formula is C14H24BrN5O. The molecule has 0 radical (unpaired) electrons. The van der Waals surface area contributed by atoms with Crippen LogP contribution < -0.4 is 10.6 Å². The number of amides is 1. The number of nitrogens with one attached hydrogen (secondary N) is 2. The van der Waals surface area contributed by atoms with Crippen molar-refractivity contribution in [3.05, 3.63) is 15.9 Å². The van der Waals surface area contributed by atoms with Crippen molar-refractivity contribution in [3.63, 3.8) is 0 Å². The standard InChI is InChI=1S/C14H24BrN5O/c1-4-17-14(21)11-8-16-6-7-19(11)9-12-13(15)10(3)18-20(12)5-2/h11,16H,4-9H2,1-3H3,(H,17,21). The molecule has 6 nitrogen and oxygen atoms in total. The van der Waals surface area contributed by atoms with Crippen LogP contribution in [-0.2, 0) is 17.9 Å². The maximum absolute atomic E-state index is 12.2. The maximum Gasteiger partial charge on any atom is 0.238 e. The molecule has 2 N–H and O–H groups in total. The van der Waals surface area contributed by atoms with E-state index in [-0.39, 0.29) is 11.9 Å². The van der Waals surface area contributed by atoms with Crippen molar-refractivity contribution >= 4 is 21.8 Å². The van der Waals surface area contributed by atoms with E-state index in [1.165, 1.54) is 0 Å². The second-order valence-corrected chi connectivity index (χ2v) is 6.04. The molecule has 0 spiro atoms. The molecule has 21 heavy (non-hydrogen) atoms. The molecule has 0 bridgehead atoms. The van der Waals surface area contributed by atoms with E-state index in [0.717, 1.165) is 42.0 Å². The third-order valence-corrected chi connectivity index (χ3v) is 4.85. The van der Waals surface area contributed by atoms with Gasteiger partial charge in [0.2, 0.25) is 5.91 Å². The predicted octanol–water partition coefficient (Wildman–Crippen LogP) is 0.884. The van der Waals surface area contributed by atoms with Crippen LogP contribution in [0.15, 0.2) is 4.47 Å². The minimum Gasteiger partial charge on any atom is -0.355 e. The molecule has 2 rings (SSSR count). The number of hydrogen-bond acceptors (Lipinski definition) is 4. The van der Waals surface area contributed by atoms with E-state index >= 15 is 0 Å². The number of halogens is 1. The van der Waals surface area contributed by atoms with Gasteiger partial charge in [0.1, 0.15) is 6.04 Å². The first kappa shape index (κ1) is 16.5. The highest BCUT2D eigenvalue weighted by molar-refractivity contribution is 9.10. The number of carbonyl (C=O) groups is 1. The van der Waals surface area contributed by atoms with E-state index in [4.69, 9.17) is 0 Å². The summed E-state index contributed by atoms with van der Waals surface area (Å²) in [5.41, 5.74) is 2.14. The fraction of sp³-hybridized carbons (Fsp3) is 0.714. The van der Waals surface area contributed by atoms with Crippen LogP contribution >= 0.6 is 15.9 Å². The number of likely N-dealkylation sites (N-methyl/N-ethyl adjacent to an activating group) is 1. The lowest BCUT2D eigenvalue weighted by atomic mass is 10.1. The number of nitrogens with zero attached hydrogens (tertiary/aromatic N) is 3. The fourth-order valence-corrected chi connectivity index (χ4v) is 3.11. The topological polar surface area (TPSA) is 62.2 Å². The lowest BCUT2D eigenvalue weighted by molar-refractivity contribution is -0.127. The van der Waals surface area contributed by atoms with Gasteiger partial charge >= 0.3 is 0 Å². The van der Waals surface area contributed by atoms with Gasteiger partial charge in [-0.05, 0) is 36.7 Å². The molecule has 1 saturated heterocycles. The van der Waals surface area contributed by atoms with E-state index in [1.54, 1.807) is 0 Å².